The van der Waals surface area contributed by atoms with Crippen LogP contribution in [0.1, 0.15) is 15.9 Å². The van der Waals surface area contributed by atoms with Crippen molar-refractivity contribution < 1.29 is 14.6 Å². The predicted octanol–water partition coefficient (Wildman–Crippen LogP) is 1.05. The Kier molecular flexibility index (Phi) is 4.30. The SMILES string of the molecule is Bc1ccc(CNc2ccc(O)c(C(=O)OC)c2)cc1. The molecule has 2 aromatic carbocycles. The number of phenols is 1. The Hall–Kier alpha value is -2.43. The smallest absolute Gasteiger partial charge is 0.341 e. The normalized spacial score (nSPS) is 10.1. The van der Waals surface area contributed by atoms with Crippen LogP contribution in [0.25, 0.3) is 0 Å². The Morgan fingerprint density at radius 3 is 2.60 bits per heavy atom. The van der Waals surface area contributed by atoms with Crippen LogP contribution in [0.4, 0.5) is 5.69 Å². The van der Waals surface area contributed by atoms with E-state index in [0.29, 0.717) is 6.54 Å². The van der Waals surface area contributed by atoms with Crippen molar-refractivity contribution in [1.82, 2.24) is 0 Å². The van der Waals surface area contributed by atoms with Gasteiger partial charge in [-0.25, -0.2) is 4.79 Å². The van der Waals surface area contributed by atoms with Crippen molar-refractivity contribution >= 4 is 25.0 Å². The molecule has 20 heavy (non-hydrogen) atoms. The van der Waals surface area contributed by atoms with Crippen molar-refractivity contribution in [2.45, 2.75) is 6.54 Å². The Morgan fingerprint density at radius 2 is 1.95 bits per heavy atom. The van der Waals surface area contributed by atoms with E-state index in [-0.39, 0.29) is 11.3 Å². The van der Waals surface area contributed by atoms with Crippen molar-refractivity contribution in [2.24, 2.45) is 0 Å². The van der Waals surface area contributed by atoms with E-state index in [1.54, 1.807) is 12.1 Å². The van der Waals surface area contributed by atoms with Crippen LogP contribution in [-0.4, -0.2) is 26.0 Å². The Labute approximate surface area is 118 Å². The summed E-state index contributed by atoms with van der Waals surface area (Å²) in [6, 6.07) is 13.0. The number of hydrogen-bond acceptors (Lipinski definition) is 4. The standard InChI is InChI=1S/C15H16BNO3/c1-20-15(19)13-8-12(6-7-14(13)18)17-9-10-2-4-11(16)5-3-10/h2-8,17-18H,9,16H2,1H3. The zero-order valence-electron chi connectivity index (χ0n) is 11.5. The number of hydrogen-bond donors (Lipinski definition) is 2. The molecule has 0 atom stereocenters. The fourth-order valence-corrected chi connectivity index (χ4v) is 1.83. The van der Waals surface area contributed by atoms with Gasteiger partial charge in [0, 0.05) is 12.2 Å². The first-order chi connectivity index (χ1) is 9.60. The van der Waals surface area contributed by atoms with Gasteiger partial charge in [0.05, 0.1) is 7.11 Å². The topological polar surface area (TPSA) is 58.6 Å². The van der Waals surface area contributed by atoms with Gasteiger partial charge in [0.1, 0.15) is 19.2 Å². The molecular formula is C15H16BNO3. The van der Waals surface area contributed by atoms with Crippen molar-refractivity contribution in [2.75, 3.05) is 12.4 Å². The first kappa shape index (κ1) is 14.0. The minimum Gasteiger partial charge on any atom is -0.507 e. The highest BCUT2D eigenvalue weighted by Gasteiger charge is 2.11. The molecule has 4 nitrogen and oxygen atoms in total. The fourth-order valence-electron chi connectivity index (χ4n) is 1.83. The third-order valence-electron chi connectivity index (χ3n) is 3.02. The minimum absolute atomic E-state index is 0.0854. The van der Waals surface area contributed by atoms with Gasteiger partial charge in [0.15, 0.2) is 0 Å². The van der Waals surface area contributed by atoms with Crippen molar-refractivity contribution in [3.8, 4) is 5.75 Å². The Morgan fingerprint density at radius 1 is 1.25 bits per heavy atom. The van der Waals surface area contributed by atoms with E-state index in [4.69, 9.17) is 0 Å². The second-order valence-electron chi connectivity index (χ2n) is 4.56. The first-order valence-electron chi connectivity index (χ1n) is 6.31. The maximum atomic E-state index is 11.5. The summed E-state index contributed by atoms with van der Waals surface area (Å²) in [5, 5.41) is 12.8. The van der Waals surface area contributed by atoms with Gasteiger partial charge in [0.2, 0.25) is 0 Å². The van der Waals surface area contributed by atoms with Gasteiger partial charge in [-0.2, -0.15) is 0 Å². The third kappa shape index (κ3) is 3.32. The van der Waals surface area contributed by atoms with Gasteiger partial charge >= 0.3 is 5.97 Å². The predicted molar refractivity (Wildman–Crippen MR) is 81.4 cm³/mol. The van der Waals surface area contributed by atoms with E-state index in [1.807, 2.05) is 32.1 Å². The number of phenolic OH excluding ortho intramolecular Hbond substituents is 1. The summed E-state index contributed by atoms with van der Waals surface area (Å²) in [5.74, 6) is -0.640. The number of carbonyl (C=O) groups is 1. The quantitative estimate of drug-likeness (QED) is 0.495. The number of ether oxygens (including phenoxy) is 1. The third-order valence-corrected chi connectivity index (χ3v) is 3.02. The molecule has 5 heteroatoms. The molecule has 0 aliphatic rings. The molecule has 0 bridgehead atoms. The van der Waals surface area contributed by atoms with Crippen LogP contribution in [0, 0.1) is 0 Å². The molecule has 0 spiro atoms. The number of anilines is 1. The lowest BCUT2D eigenvalue weighted by atomic mass is 9.95. The number of benzene rings is 2. The largest absolute Gasteiger partial charge is 0.507 e. The van der Waals surface area contributed by atoms with Crippen molar-refractivity contribution in [3.05, 3.63) is 53.6 Å². The molecule has 0 heterocycles. The van der Waals surface area contributed by atoms with Crippen molar-refractivity contribution in [3.63, 3.8) is 0 Å². The molecule has 0 unspecified atom stereocenters. The highest BCUT2D eigenvalue weighted by Crippen LogP contribution is 2.22. The van der Waals surface area contributed by atoms with E-state index in [0.717, 1.165) is 11.3 Å². The Balaban J connectivity index is 2.10. The molecule has 0 saturated heterocycles. The van der Waals surface area contributed by atoms with E-state index in [1.165, 1.54) is 18.6 Å². The highest BCUT2D eigenvalue weighted by molar-refractivity contribution is 6.32. The van der Waals surface area contributed by atoms with E-state index >= 15 is 0 Å². The number of esters is 1. The molecule has 2 aromatic rings. The van der Waals surface area contributed by atoms with E-state index < -0.39 is 5.97 Å². The molecule has 2 rings (SSSR count). The molecule has 0 aromatic heterocycles. The van der Waals surface area contributed by atoms with Gasteiger partial charge < -0.3 is 15.2 Å². The number of carbonyl (C=O) groups excluding carboxylic acids is 1. The number of nitrogens with one attached hydrogen (secondary N) is 1. The summed E-state index contributed by atoms with van der Waals surface area (Å²) in [7, 11) is 3.33. The zero-order valence-corrected chi connectivity index (χ0v) is 11.5. The van der Waals surface area contributed by atoms with E-state index in [9.17, 15) is 9.90 Å². The molecule has 0 aliphatic carbocycles. The van der Waals surface area contributed by atoms with Crippen LogP contribution in [0.15, 0.2) is 42.5 Å². The summed E-state index contributed by atoms with van der Waals surface area (Å²) >= 11 is 0. The number of rotatable bonds is 4. The Bertz CT molecular complexity index is 611. The minimum atomic E-state index is -0.554. The lowest BCUT2D eigenvalue weighted by Gasteiger charge is -2.09. The maximum Gasteiger partial charge on any atom is 0.341 e. The van der Waals surface area contributed by atoms with Crippen LogP contribution in [-0.2, 0) is 11.3 Å². The summed E-state index contributed by atoms with van der Waals surface area (Å²) in [5.41, 5.74) is 3.26. The molecule has 2 N–H and O–H groups in total. The van der Waals surface area contributed by atoms with Gasteiger partial charge in [0.25, 0.3) is 0 Å². The van der Waals surface area contributed by atoms with Crippen LogP contribution in [0.5, 0.6) is 5.75 Å². The fraction of sp³-hybridized carbons (Fsp3) is 0.133. The summed E-state index contributed by atoms with van der Waals surface area (Å²) < 4.78 is 4.62. The second kappa shape index (κ2) is 6.15. The average molecular weight is 269 g/mol. The van der Waals surface area contributed by atoms with Gasteiger partial charge in [-0.15, -0.1) is 0 Å². The summed E-state index contributed by atoms with van der Waals surface area (Å²) in [4.78, 5) is 11.5. The van der Waals surface area contributed by atoms with Gasteiger partial charge in [-0.1, -0.05) is 29.7 Å². The van der Waals surface area contributed by atoms with Crippen LogP contribution < -0.4 is 10.8 Å². The molecular weight excluding hydrogens is 253 g/mol. The monoisotopic (exact) mass is 269 g/mol. The highest BCUT2D eigenvalue weighted by atomic mass is 16.5. The molecule has 0 amide bonds. The molecule has 0 saturated carbocycles. The molecule has 0 aliphatic heterocycles. The second-order valence-corrected chi connectivity index (χ2v) is 4.56. The molecule has 102 valence electrons. The molecule has 0 fully saturated rings. The average Bonchev–Trinajstić information content (AvgIpc) is 2.47. The van der Waals surface area contributed by atoms with Crippen molar-refractivity contribution in [1.29, 1.82) is 0 Å². The molecule has 0 radical (unpaired) electrons. The van der Waals surface area contributed by atoms with Crippen LogP contribution in [0.3, 0.4) is 0 Å². The van der Waals surface area contributed by atoms with Gasteiger partial charge in [-0.05, 0) is 23.8 Å². The first-order valence-corrected chi connectivity index (χ1v) is 6.31. The number of aromatic hydroxyl groups is 1. The zero-order chi connectivity index (χ0) is 14.5. The lowest BCUT2D eigenvalue weighted by molar-refractivity contribution is 0.0597. The number of methoxy groups -OCH3 is 1. The lowest BCUT2D eigenvalue weighted by Crippen LogP contribution is -2.06. The summed E-state index contributed by atoms with van der Waals surface area (Å²) in [6.07, 6.45) is 0. The maximum absolute atomic E-state index is 11.5. The summed E-state index contributed by atoms with van der Waals surface area (Å²) in [6.45, 7) is 0.645. The van der Waals surface area contributed by atoms with Gasteiger partial charge in [-0.3, -0.25) is 0 Å². The van der Waals surface area contributed by atoms with Crippen LogP contribution >= 0.6 is 0 Å². The van der Waals surface area contributed by atoms with Crippen LogP contribution in [0.2, 0.25) is 0 Å². The van der Waals surface area contributed by atoms with E-state index in [2.05, 4.69) is 10.1 Å².